The molecule has 0 radical (unpaired) electrons. The van der Waals surface area contributed by atoms with Crippen LogP contribution in [0.4, 0.5) is 5.69 Å². The Bertz CT molecular complexity index is 1070. The smallest absolute Gasteiger partial charge is 0.344 e. The lowest BCUT2D eigenvalue weighted by Crippen LogP contribution is -2.14. The van der Waals surface area contributed by atoms with E-state index in [0.29, 0.717) is 26.9 Å². The van der Waals surface area contributed by atoms with Gasteiger partial charge in [-0.25, -0.2) is 14.6 Å². The van der Waals surface area contributed by atoms with E-state index in [1.807, 2.05) is 18.2 Å². The molecule has 1 N–H and O–H groups in total. The molecule has 0 fully saturated rings. The highest BCUT2D eigenvalue weighted by Gasteiger charge is 2.33. The van der Waals surface area contributed by atoms with Crippen molar-refractivity contribution in [2.75, 3.05) is 19.8 Å². The first kappa shape index (κ1) is 23.1. The number of thioether (sulfide) groups is 1. The molecular formula is C24H23NO6S. The number of carbonyl (C=O) groups excluding carboxylic acids is 2. The highest BCUT2D eigenvalue weighted by molar-refractivity contribution is 8.18. The van der Waals surface area contributed by atoms with Crippen molar-refractivity contribution in [3.8, 4) is 5.75 Å². The topological polar surface area (TPSA) is 94.4 Å². The monoisotopic (exact) mass is 453 g/mol. The van der Waals surface area contributed by atoms with Crippen molar-refractivity contribution in [3.63, 3.8) is 0 Å². The molecule has 8 heteroatoms. The predicted octanol–water partition coefficient (Wildman–Crippen LogP) is 4.82. The number of nitrogens with zero attached hydrogens (tertiary/aromatic N) is 1. The first-order chi connectivity index (χ1) is 15.5. The van der Waals surface area contributed by atoms with Gasteiger partial charge in [0.05, 0.1) is 23.8 Å². The summed E-state index contributed by atoms with van der Waals surface area (Å²) in [5.74, 6) is -0.909. The molecule has 7 nitrogen and oxygen atoms in total. The van der Waals surface area contributed by atoms with Gasteiger partial charge in [-0.15, -0.1) is 0 Å². The van der Waals surface area contributed by atoms with Crippen molar-refractivity contribution in [1.29, 1.82) is 0 Å². The van der Waals surface area contributed by atoms with Crippen LogP contribution in [0, 0.1) is 0 Å². The summed E-state index contributed by atoms with van der Waals surface area (Å²) in [6.45, 7) is 3.61. The van der Waals surface area contributed by atoms with Crippen LogP contribution in [0.25, 0.3) is 6.08 Å². The lowest BCUT2D eigenvalue weighted by atomic mass is 10.1. The molecule has 1 aliphatic heterocycles. The number of hydrogen-bond donors (Lipinski definition) is 1. The number of aliphatic hydroxyl groups excluding tert-OH is 1. The van der Waals surface area contributed by atoms with E-state index in [4.69, 9.17) is 14.2 Å². The number of benzene rings is 2. The quantitative estimate of drug-likeness (QED) is 0.573. The minimum Gasteiger partial charge on any atom is -0.506 e. The number of esters is 2. The second-order valence-corrected chi connectivity index (χ2v) is 7.47. The van der Waals surface area contributed by atoms with Gasteiger partial charge in [-0.05, 0) is 38.1 Å². The van der Waals surface area contributed by atoms with E-state index in [2.05, 4.69) is 4.99 Å². The highest BCUT2D eigenvalue weighted by atomic mass is 32.2. The Morgan fingerprint density at radius 3 is 2.41 bits per heavy atom. The molecule has 166 valence electrons. The molecule has 0 spiro atoms. The number of para-hydroxylation sites is 2. The fourth-order valence-corrected chi connectivity index (χ4v) is 3.85. The van der Waals surface area contributed by atoms with Gasteiger partial charge in [0.25, 0.3) is 0 Å². The Labute approximate surface area is 190 Å². The van der Waals surface area contributed by atoms with Gasteiger partial charge >= 0.3 is 11.9 Å². The summed E-state index contributed by atoms with van der Waals surface area (Å²) in [6, 6.07) is 16.2. The van der Waals surface area contributed by atoms with Crippen LogP contribution in [-0.4, -0.2) is 41.9 Å². The van der Waals surface area contributed by atoms with Gasteiger partial charge in [-0.3, -0.25) is 0 Å². The standard InChI is InChI=1S/C24H23NO6S/c1-3-29-20(26)15-31-18-13-9-8-10-16(18)14-19-22(27)21(24(28)30-4-2)23(32-19)25-17-11-6-5-7-12-17/h5-14,27H,3-4,15H2,1-2H3/b19-14-,25-23?. The van der Waals surface area contributed by atoms with E-state index in [1.165, 1.54) is 0 Å². The summed E-state index contributed by atoms with van der Waals surface area (Å²) in [4.78, 5) is 29.1. The van der Waals surface area contributed by atoms with Gasteiger partial charge in [-0.2, -0.15) is 0 Å². The van der Waals surface area contributed by atoms with Crippen LogP contribution in [0.3, 0.4) is 0 Å². The molecule has 0 aliphatic carbocycles. The largest absolute Gasteiger partial charge is 0.506 e. The molecule has 0 saturated heterocycles. The number of rotatable bonds is 8. The summed E-state index contributed by atoms with van der Waals surface area (Å²) in [5, 5.41) is 11.2. The Balaban J connectivity index is 1.95. The van der Waals surface area contributed by atoms with Crippen molar-refractivity contribution in [1.82, 2.24) is 0 Å². The third-order valence-electron chi connectivity index (χ3n) is 4.21. The van der Waals surface area contributed by atoms with Gasteiger partial charge < -0.3 is 19.3 Å². The Morgan fingerprint density at radius 2 is 1.69 bits per heavy atom. The van der Waals surface area contributed by atoms with Crippen molar-refractivity contribution < 1.29 is 28.9 Å². The maximum atomic E-state index is 12.5. The van der Waals surface area contributed by atoms with Gasteiger partial charge in [-0.1, -0.05) is 48.2 Å². The highest BCUT2D eigenvalue weighted by Crippen LogP contribution is 2.41. The minimum atomic E-state index is -0.651. The van der Waals surface area contributed by atoms with Gasteiger partial charge in [0.1, 0.15) is 22.1 Å². The zero-order valence-electron chi connectivity index (χ0n) is 17.7. The summed E-state index contributed by atoms with van der Waals surface area (Å²) >= 11 is 1.15. The second-order valence-electron chi connectivity index (χ2n) is 6.44. The molecule has 0 amide bonds. The maximum Gasteiger partial charge on any atom is 0.344 e. The summed E-state index contributed by atoms with van der Waals surface area (Å²) in [5.41, 5.74) is 1.27. The SMILES string of the molecule is CCOC(=O)COc1ccccc1/C=C1\SC(=Nc2ccccc2)C(C(=O)OCC)=C1O. The number of aliphatic imine (C=N–C) groups is 1. The first-order valence-corrected chi connectivity index (χ1v) is 10.9. The Hall–Kier alpha value is -3.52. The van der Waals surface area contributed by atoms with Crippen LogP contribution in [0.5, 0.6) is 5.75 Å². The molecule has 3 rings (SSSR count). The molecule has 2 aromatic rings. The van der Waals surface area contributed by atoms with Gasteiger partial charge in [0, 0.05) is 5.56 Å². The third kappa shape index (κ3) is 5.79. The normalized spacial score (nSPS) is 15.8. The summed E-state index contributed by atoms with van der Waals surface area (Å²) in [6.07, 6.45) is 1.67. The Kier molecular flexibility index (Phi) is 8.10. The molecule has 0 atom stereocenters. The van der Waals surface area contributed by atoms with Crippen molar-refractivity contribution in [2.45, 2.75) is 13.8 Å². The molecule has 1 aliphatic rings. The van der Waals surface area contributed by atoms with Crippen LogP contribution in [0.2, 0.25) is 0 Å². The molecule has 0 bridgehead atoms. The van der Waals surface area contributed by atoms with E-state index in [9.17, 15) is 14.7 Å². The van der Waals surface area contributed by atoms with E-state index >= 15 is 0 Å². The number of ether oxygens (including phenoxy) is 3. The summed E-state index contributed by atoms with van der Waals surface area (Å²) < 4.78 is 15.6. The maximum absolute atomic E-state index is 12.5. The molecule has 0 unspecified atom stereocenters. The fraction of sp³-hybridized carbons (Fsp3) is 0.208. The fourth-order valence-electron chi connectivity index (χ4n) is 2.82. The average Bonchev–Trinajstić information content (AvgIpc) is 3.08. The molecule has 0 saturated carbocycles. The minimum absolute atomic E-state index is 0.0110. The van der Waals surface area contributed by atoms with Crippen molar-refractivity contribution >= 4 is 40.5 Å². The molecule has 32 heavy (non-hydrogen) atoms. The molecular weight excluding hydrogens is 430 g/mol. The number of hydrogen-bond acceptors (Lipinski definition) is 8. The van der Waals surface area contributed by atoms with Crippen LogP contribution in [0.15, 0.2) is 75.8 Å². The van der Waals surface area contributed by atoms with E-state index in [-0.39, 0.29) is 31.2 Å². The predicted molar refractivity (Wildman–Crippen MR) is 124 cm³/mol. The summed E-state index contributed by atoms with van der Waals surface area (Å²) in [7, 11) is 0. The van der Waals surface area contributed by atoms with Crippen molar-refractivity contribution in [3.05, 3.63) is 76.4 Å². The molecule has 0 aromatic heterocycles. The van der Waals surface area contributed by atoms with Gasteiger partial charge in [0.15, 0.2) is 6.61 Å². The van der Waals surface area contributed by atoms with E-state index in [0.717, 1.165) is 11.8 Å². The lowest BCUT2D eigenvalue weighted by molar-refractivity contribution is -0.145. The Morgan fingerprint density at radius 1 is 1.00 bits per heavy atom. The van der Waals surface area contributed by atoms with E-state index < -0.39 is 11.9 Å². The van der Waals surface area contributed by atoms with Crippen molar-refractivity contribution in [2.24, 2.45) is 4.99 Å². The zero-order chi connectivity index (χ0) is 22.9. The van der Waals surface area contributed by atoms with Crippen LogP contribution in [-0.2, 0) is 19.1 Å². The average molecular weight is 454 g/mol. The van der Waals surface area contributed by atoms with Gasteiger partial charge in [0.2, 0.25) is 0 Å². The number of aliphatic hydroxyl groups is 1. The number of carbonyl (C=O) groups is 2. The lowest BCUT2D eigenvalue weighted by Gasteiger charge is -2.09. The van der Waals surface area contributed by atoms with Crippen LogP contribution < -0.4 is 4.74 Å². The first-order valence-electron chi connectivity index (χ1n) is 10.0. The third-order valence-corrected chi connectivity index (χ3v) is 5.23. The van der Waals surface area contributed by atoms with E-state index in [1.54, 1.807) is 56.3 Å². The van der Waals surface area contributed by atoms with Crippen LogP contribution >= 0.6 is 11.8 Å². The zero-order valence-corrected chi connectivity index (χ0v) is 18.6. The molecule has 1 heterocycles. The van der Waals surface area contributed by atoms with Crippen LogP contribution in [0.1, 0.15) is 19.4 Å². The molecule has 2 aromatic carbocycles. The second kappa shape index (κ2) is 11.2.